The number of amides is 1. The number of H-pyrrole nitrogens is 1. The van der Waals surface area contributed by atoms with Crippen LogP contribution < -0.4 is 16.6 Å². The molecular weight excluding hydrogens is 375 g/mol. The summed E-state index contributed by atoms with van der Waals surface area (Å²) in [5, 5.41) is 2.47. The minimum atomic E-state index is -0.628. The van der Waals surface area contributed by atoms with Gasteiger partial charge in [0.1, 0.15) is 11.3 Å². The Morgan fingerprint density at radius 3 is 2.48 bits per heavy atom. The van der Waals surface area contributed by atoms with Gasteiger partial charge < -0.3 is 14.9 Å². The number of hydrogen-bond acceptors (Lipinski definition) is 3. The third-order valence-corrected chi connectivity index (χ3v) is 4.66. The fraction of sp³-hybridized carbons (Fsp3) is 0.0952. The van der Waals surface area contributed by atoms with Gasteiger partial charge in [0.25, 0.3) is 11.5 Å². The number of carbonyl (C=O) groups excluding carboxylic acids is 1. The lowest BCUT2D eigenvalue weighted by Crippen LogP contribution is -2.36. The van der Waals surface area contributed by atoms with Gasteiger partial charge in [-0.2, -0.15) is 0 Å². The molecule has 0 aliphatic heterocycles. The Labute approximate surface area is 164 Å². The maximum Gasteiger partial charge on any atom is 0.329 e. The standard InChI is InChI=1S/C21H17FN4O3/c1-25-12-14(19(27)23-16-10-6-5-9-15(16)22)17-18(25)20(28)26(21(29)24-17)11-13-7-3-2-4-8-13/h2-10,12H,11H2,1H3,(H,23,27)(H,24,29). The number of aryl methyl sites for hydroxylation is 1. The number of hydrogen-bond donors (Lipinski definition) is 2. The molecule has 0 saturated heterocycles. The Morgan fingerprint density at radius 2 is 1.76 bits per heavy atom. The average Bonchev–Trinajstić information content (AvgIpc) is 3.04. The summed E-state index contributed by atoms with van der Waals surface area (Å²) in [7, 11) is 1.61. The highest BCUT2D eigenvalue weighted by Crippen LogP contribution is 2.18. The highest BCUT2D eigenvalue weighted by Gasteiger charge is 2.20. The third kappa shape index (κ3) is 3.36. The molecule has 7 nitrogen and oxygen atoms in total. The van der Waals surface area contributed by atoms with E-state index in [4.69, 9.17) is 0 Å². The number of nitrogens with zero attached hydrogens (tertiary/aromatic N) is 2. The molecule has 0 atom stereocenters. The molecule has 0 aliphatic rings. The van der Waals surface area contributed by atoms with Crippen molar-refractivity contribution in [3.63, 3.8) is 0 Å². The van der Waals surface area contributed by atoms with Crippen molar-refractivity contribution >= 4 is 22.6 Å². The highest BCUT2D eigenvalue weighted by atomic mass is 19.1. The zero-order valence-corrected chi connectivity index (χ0v) is 15.5. The van der Waals surface area contributed by atoms with E-state index in [1.807, 2.05) is 30.3 Å². The number of fused-ring (bicyclic) bond motifs is 1. The molecule has 2 heterocycles. The molecule has 0 spiro atoms. The highest BCUT2D eigenvalue weighted by molar-refractivity contribution is 6.11. The Balaban J connectivity index is 1.78. The largest absolute Gasteiger partial charge is 0.344 e. The monoisotopic (exact) mass is 392 g/mol. The topological polar surface area (TPSA) is 88.9 Å². The van der Waals surface area contributed by atoms with Crippen molar-refractivity contribution < 1.29 is 9.18 Å². The van der Waals surface area contributed by atoms with Crippen LogP contribution in [-0.2, 0) is 13.6 Å². The van der Waals surface area contributed by atoms with Gasteiger partial charge in [0.05, 0.1) is 23.3 Å². The fourth-order valence-corrected chi connectivity index (χ4v) is 3.24. The minimum Gasteiger partial charge on any atom is -0.344 e. The Bertz CT molecular complexity index is 1340. The molecule has 4 aromatic rings. The number of carbonyl (C=O) groups is 1. The molecule has 1 amide bonds. The molecule has 0 fully saturated rings. The van der Waals surface area contributed by atoms with E-state index in [9.17, 15) is 18.8 Å². The van der Waals surface area contributed by atoms with E-state index in [1.54, 1.807) is 13.1 Å². The lowest BCUT2D eigenvalue weighted by molar-refractivity contribution is 0.102. The van der Waals surface area contributed by atoms with Gasteiger partial charge in [-0.25, -0.2) is 9.18 Å². The second-order valence-corrected chi connectivity index (χ2v) is 6.62. The number of para-hydroxylation sites is 1. The van der Waals surface area contributed by atoms with Crippen LogP contribution in [0.1, 0.15) is 15.9 Å². The van der Waals surface area contributed by atoms with Crippen molar-refractivity contribution in [1.82, 2.24) is 14.1 Å². The second-order valence-electron chi connectivity index (χ2n) is 6.62. The first-order valence-electron chi connectivity index (χ1n) is 8.87. The van der Waals surface area contributed by atoms with Crippen LogP contribution in [0.4, 0.5) is 10.1 Å². The number of halogens is 1. The van der Waals surface area contributed by atoms with Crippen LogP contribution in [0.2, 0.25) is 0 Å². The van der Waals surface area contributed by atoms with E-state index in [2.05, 4.69) is 10.3 Å². The van der Waals surface area contributed by atoms with Gasteiger partial charge in [-0.3, -0.25) is 14.2 Å². The SMILES string of the molecule is Cn1cc(C(=O)Nc2ccccc2F)c2[nH]c(=O)n(Cc3ccccc3)c(=O)c21. The normalized spacial score (nSPS) is 11.0. The summed E-state index contributed by atoms with van der Waals surface area (Å²) in [6, 6.07) is 14.9. The average molecular weight is 392 g/mol. The molecule has 4 rings (SSSR count). The maximum atomic E-state index is 13.8. The van der Waals surface area contributed by atoms with E-state index in [0.717, 1.165) is 10.1 Å². The van der Waals surface area contributed by atoms with Crippen molar-refractivity contribution in [3.8, 4) is 0 Å². The maximum absolute atomic E-state index is 13.8. The Morgan fingerprint density at radius 1 is 1.07 bits per heavy atom. The predicted molar refractivity (Wildman–Crippen MR) is 108 cm³/mol. The van der Waals surface area contributed by atoms with Crippen LogP contribution in [0, 0.1) is 5.82 Å². The quantitative estimate of drug-likeness (QED) is 0.559. The van der Waals surface area contributed by atoms with E-state index in [1.165, 1.54) is 29.0 Å². The number of anilines is 1. The molecule has 0 unspecified atom stereocenters. The Hall–Kier alpha value is -3.94. The van der Waals surface area contributed by atoms with Crippen LogP contribution in [0.15, 0.2) is 70.4 Å². The van der Waals surface area contributed by atoms with Gasteiger partial charge in [0.2, 0.25) is 0 Å². The number of aromatic nitrogens is 3. The van der Waals surface area contributed by atoms with Crippen LogP contribution in [0.3, 0.4) is 0 Å². The van der Waals surface area contributed by atoms with Gasteiger partial charge >= 0.3 is 5.69 Å². The van der Waals surface area contributed by atoms with E-state index >= 15 is 0 Å². The number of aromatic amines is 1. The molecular formula is C21H17FN4O3. The summed E-state index contributed by atoms with van der Waals surface area (Å²) in [4.78, 5) is 40.8. The minimum absolute atomic E-state index is 0.00858. The van der Waals surface area contributed by atoms with E-state index in [-0.39, 0.29) is 28.8 Å². The Kier molecular flexibility index (Phi) is 4.59. The summed E-state index contributed by atoms with van der Waals surface area (Å²) < 4.78 is 16.4. The van der Waals surface area contributed by atoms with Crippen molar-refractivity contribution in [2.45, 2.75) is 6.54 Å². The fourth-order valence-electron chi connectivity index (χ4n) is 3.24. The molecule has 8 heteroatoms. The van der Waals surface area contributed by atoms with Crippen molar-refractivity contribution in [1.29, 1.82) is 0 Å². The molecule has 0 bridgehead atoms. The number of nitrogens with one attached hydrogen (secondary N) is 2. The molecule has 2 aromatic heterocycles. The lowest BCUT2D eigenvalue weighted by atomic mass is 10.2. The molecule has 29 heavy (non-hydrogen) atoms. The first-order chi connectivity index (χ1) is 14.0. The molecule has 146 valence electrons. The van der Waals surface area contributed by atoms with Gasteiger partial charge in [-0.1, -0.05) is 42.5 Å². The molecule has 0 radical (unpaired) electrons. The van der Waals surface area contributed by atoms with Crippen LogP contribution >= 0.6 is 0 Å². The number of rotatable bonds is 4. The zero-order valence-electron chi connectivity index (χ0n) is 15.5. The van der Waals surface area contributed by atoms with Crippen LogP contribution in [0.5, 0.6) is 0 Å². The van der Waals surface area contributed by atoms with Gasteiger partial charge in [0, 0.05) is 13.2 Å². The van der Waals surface area contributed by atoms with Gasteiger partial charge in [0.15, 0.2) is 0 Å². The first kappa shape index (κ1) is 18.4. The summed E-state index contributed by atoms with van der Waals surface area (Å²) in [6.45, 7) is 0.104. The summed E-state index contributed by atoms with van der Waals surface area (Å²) in [5.41, 5.74) is 0.0321. The molecule has 2 N–H and O–H groups in total. The zero-order chi connectivity index (χ0) is 20.5. The van der Waals surface area contributed by atoms with Gasteiger partial charge in [-0.15, -0.1) is 0 Å². The summed E-state index contributed by atoms with van der Waals surface area (Å²) in [5.74, 6) is -1.21. The molecule has 0 saturated carbocycles. The number of benzene rings is 2. The van der Waals surface area contributed by atoms with Crippen LogP contribution in [0.25, 0.3) is 11.0 Å². The smallest absolute Gasteiger partial charge is 0.329 e. The van der Waals surface area contributed by atoms with E-state index in [0.29, 0.717) is 0 Å². The van der Waals surface area contributed by atoms with Crippen LogP contribution in [-0.4, -0.2) is 20.0 Å². The predicted octanol–water partition coefficient (Wildman–Crippen LogP) is 2.47. The van der Waals surface area contributed by atoms with Crippen molar-refractivity contribution in [2.75, 3.05) is 5.32 Å². The van der Waals surface area contributed by atoms with Crippen molar-refractivity contribution in [3.05, 3.63) is 98.6 Å². The summed E-state index contributed by atoms with van der Waals surface area (Å²) >= 11 is 0. The lowest BCUT2D eigenvalue weighted by Gasteiger charge is -2.07. The third-order valence-electron chi connectivity index (χ3n) is 4.66. The molecule has 0 aliphatic carbocycles. The van der Waals surface area contributed by atoms with E-state index < -0.39 is 23.0 Å². The second kappa shape index (κ2) is 7.23. The van der Waals surface area contributed by atoms with Crippen molar-refractivity contribution in [2.24, 2.45) is 7.05 Å². The molecule has 2 aromatic carbocycles. The first-order valence-corrected chi connectivity index (χ1v) is 8.87. The summed E-state index contributed by atoms with van der Waals surface area (Å²) in [6.07, 6.45) is 1.44. The van der Waals surface area contributed by atoms with Gasteiger partial charge in [-0.05, 0) is 17.7 Å².